The highest BCUT2D eigenvalue weighted by molar-refractivity contribution is 7.91. The Bertz CT molecular complexity index is 683. The molecule has 0 saturated carbocycles. The molecule has 1 heterocycles. The van der Waals surface area contributed by atoms with Gasteiger partial charge in [0.25, 0.3) is 5.16 Å². The van der Waals surface area contributed by atoms with E-state index in [9.17, 15) is 8.42 Å². The van der Waals surface area contributed by atoms with Crippen molar-refractivity contribution in [3.63, 3.8) is 0 Å². The van der Waals surface area contributed by atoms with Crippen molar-refractivity contribution in [3.8, 4) is 5.69 Å². The first kappa shape index (κ1) is 16.6. The van der Waals surface area contributed by atoms with Crippen LogP contribution in [0.3, 0.4) is 0 Å². The van der Waals surface area contributed by atoms with Gasteiger partial charge in [-0.1, -0.05) is 56.4 Å². The minimum Gasteiger partial charge on any atom is -0.220 e. The third-order valence-corrected chi connectivity index (χ3v) is 5.34. The maximum Gasteiger partial charge on any atom is 0.272 e. The molecular weight excluding hydrogens is 300 g/mol. The predicted molar refractivity (Wildman–Crippen MR) is 84.5 cm³/mol. The largest absolute Gasteiger partial charge is 0.272 e. The van der Waals surface area contributed by atoms with Crippen molar-refractivity contribution in [3.05, 3.63) is 30.3 Å². The highest BCUT2D eigenvalue weighted by atomic mass is 32.2. The molecule has 0 N–H and O–H groups in total. The molecular formula is C15H22N4O2S. The van der Waals surface area contributed by atoms with E-state index in [4.69, 9.17) is 0 Å². The average molecular weight is 322 g/mol. The summed E-state index contributed by atoms with van der Waals surface area (Å²) >= 11 is 0. The normalized spacial score (nSPS) is 13.2. The molecule has 1 atom stereocenters. The Morgan fingerprint density at radius 1 is 1.18 bits per heavy atom. The third-order valence-electron chi connectivity index (χ3n) is 3.52. The van der Waals surface area contributed by atoms with E-state index in [1.54, 1.807) is 12.1 Å². The fourth-order valence-corrected chi connectivity index (χ4v) is 4.01. The molecule has 1 aromatic heterocycles. The van der Waals surface area contributed by atoms with Gasteiger partial charge in [0.05, 0.1) is 11.4 Å². The minimum absolute atomic E-state index is 0.0733. The molecule has 0 saturated heterocycles. The predicted octanol–water partition coefficient (Wildman–Crippen LogP) is 2.65. The van der Waals surface area contributed by atoms with E-state index in [0.29, 0.717) is 5.69 Å². The molecule has 2 aromatic rings. The smallest absolute Gasteiger partial charge is 0.220 e. The van der Waals surface area contributed by atoms with Crippen molar-refractivity contribution in [1.29, 1.82) is 0 Å². The molecule has 0 radical (unpaired) electrons. The van der Waals surface area contributed by atoms with Gasteiger partial charge in [-0.05, 0) is 34.9 Å². The maximum absolute atomic E-state index is 12.6. The van der Waals surface area contributed by atoms with E-state index >= 15 is 0 Å². The molecule has 0 spiro atoms. The van der Waals surface area contributed by atoms with Crippen molar-refractivity contribution in [2.45, 2.75) is 44.7 Å². The van der Waals surface area contributed by atoms with Gasteiger partial charge in [0.1, 0.15) is 0 Å². The summed E-state index contributed by atoms with van der Waals surface area (Å²) in [5.41, 5.74) is 0.643. The zero-order valence-corrected chi connectivity index (χ0v) is 13.8. The number of tetrazole rings is 1. The second-order valence-electron chi connectivity index (χ2n) is 5.59. The second-order valence-corrected chi connectivity index (χ2v) is 7.52. The van der Waals surface area contributed by atoms with Crippen LogP contribution in [0.5, 0.6) is 0 Å². The van der Waals surface area contributed by atoms with Crippen molar-refractivity contribution in [2.24, 2.45) is 5.92 Å². The number of unbranched alkanes of at least 4 members (excludes halogenated alkanes) is 2. The number of sulfone groups is 1. The standard InChI is InChI=1S/C15H22N4O2S/c1-3-4-6-9-13(2)12-22(20,21)15-16-17-18-19(15)14-10-7-5-8-11-14/h5,7-8,10-11,13H,3-4,6,9,12H2,1-2H3. The van der Waals surface area contributed by atoms with Gasteiger partial charge in [-0.15, -0.1) is 0 Å². The summed E-state index contributed by atoms with van der Waals surface area (Å²) in [5.74, 6) is 0.168. The lowest BCUT2D eigenvalue weighted by molar-refractivity contribution is 0.515. The van der Waals surface area contributed by atoms with Crippen molar-refractivity contribution >= 4 is 9.84 Å². The van der Waals surface area contributed by atoms with Crippen LogP contribution >= 0.6 is 0 Å². The molecule has 120 valence electrons. The van der Waals surface area contributed by atoms with Gasteiger partial charge in [0, 0.05) is 0 Å². The fraction of sp³-hybridized carbons (Fsp3) is 0.533. The van der Waals surface area contributed by atoms with E-state index in [2.05, 4.69) is 22.4 Å². The van der Waals surface area contributed by atoms with Gasteiger partial charge in [-0.2, -0.15) is 4.68 Å². The van der Waals surface area contributed by atoms with Gasteiger partial charge < -0.3 is 0 Å². The van der Waals surface area contributed by atoms with Crippen molar-refractivity contribution in [1.82, 2.24) is 20.2 Å². The van der Waals surface area contributed by atoms with Gasteiger partial charge in [-0.3, -0.25) is 0 Å². The van der Waals surface area contributed by atoms with Crippen LogP contribution in [0.4, 0.5) is 0 Å². The Labute approximate surface area is 131 Å². The monoisotopic (exact) mass is 322 g/mol. The lowest BCUT2D eigenvalue weighted by Gasteiger charge is -2.11. The molecule has 0 amide bonds. The summed E-state index contributed by atoms with van der Waals surface area (Å²) < 4.78 is 26.4. The van der Waals surface area contributed by atoms with E-state index in [0.717, 1.165) is 25.7 Å². The number of hydrogen-bond donors (Lipinski definition) is 0. The quantitative estimate of drug-likeness (QED) is 0.698. The number of rotatable bonds is 8. The Morgan fingerprint density at radius 2 is 1.91 bits per heavy atom. The average Bonchev–Trinajstić information content (AvgIpc) is 2.98. The van der Waals surface area contributed by atoms with Crippen LogP contribution in [0, 0.1) is 5.92 Å². The fourth-order valence-electron chi connectivity index (χ4n) is 2.38. The molecule has 6 nitrogen and oxygen atoms in total. The van der Waals surface area contributed by atoms with Crippen LogP contribution in [0.15, 0.2) is 35.5 Å². The van der Waals surface area contributed by atoms with Gasteiger partial charge in [-0.25, -0.2) is 8.42 Å². The molecule has 1 aromatic carbocycles. The molecule has 0 bridgehead atoms. The van der Waals surface area contributed by atoms with E-state index in [-0.39, 0.29) is 16.8 Å². The summed E-state index contributed by atoms with van der Waals surface area (Å²) in [4.78, 5) is 0. The zero-order chi connectivity index (χ0) is 16.0. The zero-order valence-electron chi connectivity index (χ0n) is 13.0. The summed E-state index contributed by atoms with van der Waals surface area (Å²) in [6.07, 6.45) is 4.22. The van der Waals surface area contributed by atoms with E-state index < -0.39 is 9.84 Å². The van der Waals surface area contributed by atoms with Crippen LogP contribution in [-0.4, -0.2) is 34.4 Å². The Morgan fingerprint density at radius 3 is 2.59 bits per heavy atom. The van der Waals surface area contributed by atoms with Crippen LogP contribution in [0.1, 0.15) is 39.5 Å². The maximum atomic E-state index is 12.6. The highest BCUT2D eigenvalue weighted by Gasteiger charge is 2.25. The lowest BCUT2D eigenvalue weighted by Crippen LogP contribution is -2.18. The number of nitrogens with zero attached hydrogens (tertiary/aromatic N) is 4. The summed E-state index contributed by atoms with van der Waals surface area (Å²) in [6, 6.07) is 9.06. The first-order chi connectivity index (χ1) is 10.5. The molecule has 0 aliphatic rings. The molecule has 1 unspecified atom stereocenters. The van der Waals surface area contributed by atoms with Crippen molar-refractivity contribution < 1.29 is 8.42 Å². The number of aromatic nitrogens is 4. The van der Waals surface area contributed by atoms with E-state index in [1.807, 2.05) is 25.1 Å². The number of hydrogen-bond acceptors (Lipinski definition) is 5. The minimum atomic E-state index is -3.51. The lowest BCUT2D eigenvalue weighted by atomic mass is 10.1. The van der Waals surface area contributed by atoms with Gasteiger partial charge >= 0.3 is 0 Å². The van der Waals surface area contributed by atoms with E-state index in [1.165, 1.54) is 4.68 Å². The topological polar surface area (TPSA) is 77.7 Å². The van der Waals surface area contributed by atoms with Crippen molar-refractivity contribution in [2.75, 3.05) is 5.75 Å². The van der Waals surface area contributed by atoms with Crippen LogP contribution < -0.4 is 0 Å². The summed E-state index contributed by atoms with van der Waals surface area (Å²) in [6.45, 7) is 4.10. The third kappa shape index (κ3) is 4.13. The first-order valence-corrected chi connectivity index (χ1v) is 9.26. The van der Waals surface area contributed by atoms with Gasteiger partial charge in [0.15, 0.2) is 0 Å². The molecule has 22 heavy (non-hydrogen) atoms. The first-order valence-electron chi connectivity index (χ1n) is 7.61. The van der Waals surface area contributed by atoms with Crippen LogP contribution in [0.25, 0.3) is 5.69 Å². The Kier molecular flexibility index (Phi) is 5.65. The summed E-state index contributed by atoms with van der Waals surface area (Å²) in [5, 5.41) is 11.0. The molecule has 2 rings (SSSR count). The van der Waals surface area contributed by atoms with Crippen LogP contribution in [0.2, 0.25) is 0 Å². The second kappa shape index (κ2) is 7.49. The summed E-state index contributed by atoms with van der Waals surface area (Å²) in [7, 11) is -3.51. The molecule has 7 heteroatoms. The molecule has 0 aliphatic heterocycles. The number of para-hydroxylation sites is 1. The number of benzene rings is 1. The van der Waals surface area contributed by atoms with Gasteiger partial charge in [0.2, 0.25) is 9.84 Å². The Hall–Kier alpha value is -1.76. The SMILES string of the molecule is CCCCCC(C)CS(=O)(=O)c1nnnn1-c1ccccc1. The highest BCUT2D eigenvalue weighted by Crippen LogP contribution is 2.18. The van der Waals surface area contributed by atoms with Crippen LogP contribution in [-0.2, 0) is 9.84 Å². The molecule has 0 aliphatic carbocycles. The Balaban J connectivity index is 2.16. The molecule has 0 fully saturated rings.